The quantitative estimate of drug-likeness (QED) is 0.549. The van der Waals surface area contributed by atoms with E-state index in [0.29, 0.717) is 21.4 Å². The van der Waals surface area contributed by atoms with Crippen molar-refractivity contribution < 1.29 is 14.3 Å². The van der Waals surface area contributed by atoms with E-state index in [0.717, 1.165) is 36.8 Å². The average Bonchev–Trinajstić information content (AvgIpc) is 3.27. The molecule has 0 radical (unpaired) electrons. The van der Waals surface area contributed by atoms with Crippen molar-refractivity contribution in [1.29, 1.82) is 0 Å². The lowest BCUT2D eigenvalue weighted by Crippen LogP contribution is -2.50. The van der Waals surface area contributed by atoms with Crippen LogP contribution in [0.15, 0.2) is 36.4 Å². The molecular formula is C25H30Cl2N2O3. The summed E-state index contributed by atoms with van der Waals surface area (Å²) in [6.45, 7) is 5.66. The minimum atomic E-state index is -0.696. The number of nitrogens with one attached hydrogen (secondary N) is 1. The molecule has 0 unspecified atom stereocenters. The predicted molar refractivity (Wildman–Crippen MR) is 128 cm³/mol. The molecular weight excluding hydrogens is 447 g/mol. The maximum atomic E-state index is 13.2. The third kappa shape index (κ3) is 6.17. The fourth-order valence-electron chi connectivity index (χ4n) is 3.86. The highest BCUT2D eigenvalue weighted by atomic mass is 35.5. The second kappa shape index (κ2) is 11.1. The molecule has 1 saturated carbocycles. The van der Waals surface area contributed by atoms with Gasteiger partial charge in [0, 0.05) is 28.2 Å². The molecule has 2 aromatic rings. The number of aryl methyl sites for hydroxylation is 2. The van der Waals surface area contributed by atoms with Crippen molar-refractivity contribution in [2.24, 2.45) is 0 Å². The standard InChI is InChI=1S/C25H30Cl2N2O3/c1-16-11-12-20(13-17(16)2)32-15-24(30)29(14-21-22(26)9-6-10-23(21)27)18(3)25(31)28-19-7-4-5-8-19/h6,9-13,18-19H,4-5,7-8,14-15H2,1-3H3,(H,28,31)/t18-/m0/s1. The van der Waals surface area contributed by atoms with Crippen LogP contribution in [-0.2, 0) is 16.1 Å². The molecule has 1 aliphatic carbocycles. The van der Waals surface area contributed by atoms with E-state index in [-0.39, 0.29) is 31.0 Å². The number of benzene rings is 2. The maximum Gasteiger partial charge on any atom is 0.261 e. The Balaban J connectivity index is 1.77. The summed E-state index contributed by atoms with van der Waals surface area (Å²) < 4.78 is 5.76. The first-order valence-corrected chi connectivity index (χ1v) is 11.7. The van der Waals surface area contributed by atoms with Crippen LogP contribution in [0.4, 0.5) is 0 Å². The normalized spacial score (nSPS) is 14.8. The van der Waals surface area contributed by atoms with E-state index in [2.05, 4.69) is 5.32 Å². The molecule has 32 heavy (non-hydrogen) atoms. The van der Waals surface area contributed by atoms with E-state index in [1.54, 1.807) is 25.1 Å². The molecule has 1 aliphatic rings. The van der Waals surface area contributed by atoms with Crippen molar-refractivity contribution in [3.8, 4) is 5.75 Å². The van der Waals surface area contributed by atoms with Crippen LogP contribution < -0.4 is 10.1 Å². The second-order valence-electron chi connectivity index (χ2n) is 8.42. The van der Waals surface area contributed by atoms with E-state index >= 15 is 0 Å². The van der Waals surface area contributed by atoms with Gasteiger partial charge < -0.3 is 15.0 Å². The SMILES string of the molecule is Cc1ccc(OCC(=O)N(Cc2c(Cl)cccc2Cl)[C@@H](C)C(=O)NC2CCCC2)cc1C. The number of rotatable bonds is 8. The molecule has 0 spiro atoms. The Morgan fingerprint density at radius 3 is 2.38 bits per heavy atom. The Hall–Kier alpha value is -2.24. The van der Waals surface area contributed by atoms with Gasteiger partial charge in [-0.2, -0.15) is 0 Å². The van der Waals surface area contributed by atoms with Crippen molar-refractivity contribution in [3.05, 3.63) is 63.1 Å². The first-order valence-electron chi connectivity index (χ1n) is 11.0. The minimum absolute atomic E-state index is 0.118. The summed E-state index contributed by atoms with van der Waals surface area (Å²) in [5.41, 5.74) is 2.84. The van der Waals surface area contributed by atoms with Crippen molar-refractivity contribution in [2.75, 3.05) is 6.61 Å². The Bertz CT molecular complexity index is 953. The van der Waals surface area contributed by atoms with E-state index in [9.17, 15) is 9.59 Å². The monoisotopic (exact) mass is 476 g/mol. The summed E-state index contributed by atoms with van der Waals surface area (Å²) in [6, 6.07) is 10.3. The molecule has 3 rings (SSSR count). The summed E-state index contributed by atoms with van der Waals surface area (Å²) in [6.07, 6.45) is 4.17. The van der Waals surface area contributed by atoms with Gasteiger partial charge in [-0.05, 0) is 69.0 Å². The van der Waals surface area contributed by atoms with E-state index in [1.807, 2.05) is 32.0 Å². The highest BCUT2D eigenvalue weighted by Crippen LogP contribution is 2.27. The zero-order valence-electron chi connectivity index (χ0n) is 18.8. The van der Waals surface area contributed by atoms with Gasteiger partial charge in [-0.15, -0.1) is 0 Å². The van der Waals surface area contributed by atoms with Crippen LogP contribution in [0.25, 0.3) is 0 Å². The molecule has 1 fully saturated rings. The summed E-state index contributed by atoms with van der Waals surface area (Å²) in [7, 11) is 0. The van der Waals surface area contributed by atoms with Crippen LogP contribution in [-0.4, -0.2) is 35.4 Å². The van der Waals surface area contributed by atoms with Crippen molar-refractivity contribution in [2.45, 2.75) is 65.1 Å². The number of amides is 2. The summed E-state index contributed by atoms with van der Waals surface area (Å²) in [4.78, 5) is 27.6. The molecule has 0 aromatic heterocycles. The number of carbonyl (C=O) groups excluding carboxylic acids is 2. The first-order chi connectivity index (χ1) is 15.3. The second-order valence-corrected chi connectivity index (χ2v) is 9.24. The summed E-state index contributed by atoms with van der Waals surface area (Å²) in [5, 5.41) is 3.98. The number of hydrogen-bond donors (Lipinski definition) is 1. The molecule has 1 atom stereocenters. The maximum absolute atomic E-state index is 13.2. The van der Waals surface area contributed by atoms with Gasteiger partial charge in [0.2, 0.25) is 5.91 Å². The lowest BCUT2D eigenvalue weighted by Gasteiger charge is -2.30. The number of ether oxygens (including phenoxy) is 1. The van der Waals surface area contributed by atoms with E-state index in [4.69, 9.17) is 27.9 Å². The molecule has 1 N–H and O–H groups in total. The predicted octanol–water partition coefficient (Wildman–Crippen LogP) is 5.47. The number of nitrogens with zero attached hydrogens (tertiary/aromatic N) is 1. The molecule has 5 nitrogen and oxygen atoms in total. The molecule has 0 aliphatic heterocycles. The first kappa shape index (κ1) is 24.4. The highest BCUT2D eigenvalue weighted by molar-refractivity contribution is 6.36. The van der Waals surface area contributed by atoms with Crippen LogP contribution in [0.2, 0.25) is 10.0 Å². The summed E-state index contributed by atoms with van der Waals surface area (Å²) >= 11 is 12.7. The van der Waals surface area contributed by atoms with Crippen LogP contribution in [0.1, 0.15) is 49.3 Å². The third-order valence-electron chi connectivity index (χ3n) is 6.10. The number of carbonyl (C=O) groups is 2. The fraction of sp³-hybridized carbons (Fsp3) is 0.440. The average molecular weight is 477 g/mol. The van der Waals surface area contributed by atoms with Crippen molar-refractivity contribution in [3.63, 3.8) is 0 Å². The van der Waals surface area contributed by atoms with Crippen molar-refractivity contribution >= 4 is 35.0 Å². The Morgan fingerprint density at radius 1 is 1.09 bits per heavy atom. The van der Waals surface area contributed by atoms with Gasteiger partial charge in [-0.1, -0.05) is 48.2 Å². The van der Waals surface area contributed by atoms with Gasteiger partial charge >= 0.3 is 0 Å². The Kier molecular flexibility index (Phi) is 8.44. The van der Waals surface area contributed by atoms with Gasteiger partial charge in [-0.25, -0.2) is 0 Å². The lowest BCUT2D eigenvalue weighted by molar-refractivity contribution is -0.142. The van der Waals surface area contributed by atoms with E-state index < -0.39 is 6.04 Å². The molecule has 0 saturated heterocycles. The molecule has 172 valence electrons. The highest BCUT2D eigenvalue weighted by Gasteiger charge is 2.29. The van der Waals surface area contributed by atoms with Gasteiger partial charge in [0.25, 0.3) is 5.91 Å². The van der Waals surface area contributed by atoms with Gasteiger partial charge in [0.15, 0.2) is 6.61 Å². The largest absolute Gasteiger partial charge is 0.484 e. The number of hydrogen-bond acceptors (Lipinski definition) is 3. The van der Waals surface area contributed by atoms with Crippen LogP contribution in [0.5, 0.6) is 5.75 Å². The molecule has 0 bridgehead atoms. The minimum Gasteiger partial charge on any atom is -0.484 e. The molecule has 2 amide bonds. The van der Waals surface area contributed by atoms with Crippen LogP contribution in [0, 0.1) is 13.8 Å². The smallest absolute Gasteiger partial charge is 0.261 e. The van der Waals surface area contributed by atoms with Gasteiger partial charge in [-0.3, -0.25) is 9.59 Å². The third-order valence-corrected chi connectivity index (χ3v) is 6.81. The van der Waals surface area contributed by atoms with Gasteiger partial charge in [0.1, 0.15) is 11.8 Å². The van der Waals surface area contributed by atoms with Crippen molar-refractivity contribution in [1.82, 2.24) is 10.2 Å². The van der Waals surface area contributed by atoms with Gasteiger partial charge in [0.05, 0.1) is 0 Å². The zero-order valence-corrected chi connectivity index (χ0v) is 20.3. The molecule has 7 heteroatoms. The zero-order chi connectivity index (χ0) is 23.3. The fourth-order valence-corrected chi connectivity index (χ4v) is 4.38. The summed E-state index contributed by atoms with van der Waals surface area (Å²) in [5.74, 6) is 0.119. The number of halogens is 2. The van der Waals surface area contributed by atoms with Crippen LogP contribution >= 0.6 is 23.2 Å². The Labute approximate surface area is 200 Å². The lowest BCUT2D eigenvalue weighted by atomic mass is 10.1. The molecule has 0 heterocycles. The molecule has 2 aromatic carbocycles. The Morgan fingerprint density at radius 2 is 1.75 bits per heavy atom. The van der Waals surface area contributed by atoms with Crippen LogP contribution in [0.3, 0.4) is 0 Å². The topological polar surface area (TPSA) is 58.6 Å². The van der Waals surface area contributed by atoms with E-state index in [1.165, 1.54) is 4.90 Å².